The predicted octanol–water partition coefficient (Wildman–Crippen LogP) is 2.09. The molecule has 0 aliphatic carbocycles. The fourth-order valence-corrected chi connectivity index (χ4v) is 1.70. The van der Waals surface area contributed by atoms with Gasteiger partial charge in [-0.2, -0.15) is 0 Å². The standard InChI is InChI=1S/C12H22N2O/c1-4-6-12(13-5-2)15-11-7-9-14(3)10-8-11/h4,6,11H,5,7-10H2,1-3H3/b6-4-,13-12?. The van der Waals surface area contributed by atoms with Gasteiger partial charge in [-0.3, -0.25) is 4.99 Å². The number of rotatable bonds is 3. The summed E-state index contributed by atoms with van der Waals surface area (Å²) in [7, 11) is 2.16. The van der Waals surface area contributed by atoms with Crippen molar-refractivity contribution in [3.8, 4) is 0 Å². The van der Waals surface area contributed by atoms with Crippen molar-refractivity contribution in [1.29, 1.82) is 0 Å². The maximum absolute atomic E-state index is 5.86. The summed E-state index contributed by atoms with van der Waals surface area (Å²) in [5.74, 6) is 0.787. The Morgan fingerprint density at radius 3 is 2.67 bits per heavy atom. The molecular weight excluding hydrogens is 188 g/mol. The number of nitrogens with zero attached hydrogens (tertiary/aromatic N) is 2. The zero-order chi connectivity index (χ0) is 11.1. The van der Waals surface area contributed by atoms with Crippen LogP contribution in [-0.2, 0) is 4.74 Å². The van der Waals surface area contributed by atoms with E-state index < -0.39 is 0 Å². The lowest BCUT2D eigenvalue weighted by atomic mass is 10.1. The van der Waals surface area contributed by atoms with Gasteiger partial charge in [0.1, 0.15) is 6.10 Å². The molecule has 3 heteroatoms. The van der Waals surface area contributed by atoms with Crippen LogP contribution < -0.4 is 0 Å². The molecule has 1 aliphatic heterocycles. The van der Waals surface area contributed by atoms with Crippen molar-refractivity contribution in [3.63, 3.8) is 0 Å². The Morgan fingerprint density at radius 2 is 2.13 bits per heavy atom. The number of hydrogen-bond donors (Lipinski definition) is 0. The molecule has 0 aromatic rings. The van der Waals surface area contributed by atoms with E-state index in [1.165, 1.54) is 0 Å². The van der Waals surface area contributed by atoms with E-state index in [4.69, 9.17) is 4.74 Å². The zero-order valence-electron chi connectivity index (χ0n) is 10.1. The van der Waals surface area contributed by atoms with Gasteiger partial charge in [0.15, 0.2) is 0 Å². The van der Waals surface area contributed by atoms with Crippen LogP contribution in [0.1, 0.15) is 26.7 Å². The van der Waals surface area contributed by atoms with Gasteiger partial charge in [0, 0.05) is 19.6 Å². The average Bonchev–Trinajstić information content (AvgIpc) is 2.22. The number of likely N-dealkylation sites (tertiary alicyclic amines) is 1. The molecule has 1 saturated heterocycles. The van der Waals surface area contributed by atoms with Gasteiger partial charge >= 0.3 is 0 Å². The molecule has 1 heterocycles. The Kier molecular flexibility index (Phi) is 5.40. The van der Waals surface area contributed by atoms with E-state index in [0.717, 1.165) is 38.4 Å². The molecule has 1 aliphatic rings. The maximum atomic E-state index is 5.86. The summed E-state index contributed by atoms with van der Waals surface area (Å²) in [6.07, 6.45) is 6.49. The predicted molar refractivity (Wildman–Crippen MR) is 64.4 cm³/mol. The summed E-state index contributed by atoms with van der Waals surface area (Å²) in [6, 6.07) is 0. The lowest BCUT2D eigenvalue weighted by molar-refractivity contribution is 0.105. The molecule has 0 spiro atoms. The van der Waals surface area contributed by atoms with E-state index in [1.807, 2.05) is 26.0 Å². The number of allylic oxidation sites excluding steroid dienone is 1. The highest BCUT2D eigenvalue weighted by molar-refractivity contribution is 5.87. The fourth-order valence-electron chi connectivity index (χ4n) is 1.70. The van der Waals surface area contributed by atoms with Crippen LogP contribution in [0.4, 0.5) is 0 Å². The minimum Gasteiger partial charge on any atom is -0.475 e. The van der Waals surface area contributed by atoms with Crippen molar-refractivity contribution >= 4 is 5.90 Å². The maximum Gasteiger partial charge on any atom is 0.208 e. The number of aliphatic imine (C=N–C) groups is 1. The van der Waals surface area contributed by atoms with Gasteiger partial charge in [-0.25, -0.2) is 0 Å². The monoisotopic (exact) mass is 210 g/mol. The van der Waals surface area contributed by atoms with Crippen LogP contribution >= 0.6 is 0 Å². The van der Waals surface area contributed by atoms with Crippen molar-refractivity contribution in [1.82, 2.24) is 4.90 Å². The van der Waals surface area contributed by atoms with Gasteiger partial charge in [0.25, 0.3) is 0 Å². The van der Waals surface area contributed by atoms with Gasteiger partial charge in [-0.05, 0) is 39.8 Å². The number of ether oxygens (including phenoxy) is 1. The number of hydrogen-bond acceptors (Lipinski definition) is 3. The Bertz CT molecular complexity index is 228. The molecule has 1 rings (SSSR count). The van der Waals surface area contributed by atoms with Crippen molar-refractivity contribution < 1.29 is 4.74 Å². The van der Waals surface area contributed by atoms with Crippen LogP contribution in [0, 0.1) is 0 Å². The lowest BCUT2D eigenvalue weighted by Gasteiger charge is -2.29. The summed E-state index contributed by atoms with van der Waals surface area (Å²) in [5.41, 5.74) is 0. The second-order valence-corrected chi connectivity index (χ2v) is 3.93. The first kappa shape index (κ1) is 12.2. The first-order valence-corrected chi connectivity index (χ1v) is 5.78. The van der Waals surface area contributed by atoms with Crippen molar-refractivity contribution in [2.24, 2.45) is 4.99 Å². The molecule has 0 aromatic heterocycles. The summed E-state index contributed by atoms with van der Waals surface area (Å²) < 4.78 is 5.86. The third kappa shape index (κ3) is 4.47. The van der Waals surface area contributed by atoms with Gasteiger partial charge in [0.2, 0.25) is 5.90 Å². The minimum absolute atomic E-state index is 0.350. The van der Waals surface area contributed by atoms with Crippen LogP contribution in [0.25, 0.3) is 0 Å². The third-order valence-electron chi connectivity index (χ3n) is 2.58. The highest BCUT2D eigenvalue weighted by atomic mass is 16.5. The summed E-state index contributed by atoms with van der Waals surface area (Å²) in [5, 5.41) is 0. The first-order valence-electron chi connectivity index (χ1n) is 5.78. The Labute approximate surface area is 92.8 Å². The van der Waals surface area contributed by atoms with Crippen LogP contribution in [0.3, 0.4) is 0 Å². The molecule has 0 atom stereocenters. The lowest BCUT2D eigenvalue weighted by Crippen LogP contribution is -2.35. The molecule has 0 amide bonds. The summed E-state index contributed by atoms with van der Waals surface area (Å²) >= 11 is 0. The molecule has 0 radical (unpaired) electrons. The van der Waals surface area contributed by atoms with Gasteiger partial charge in [-0.15, -0.1) is 0 Å². The first-order chi connectivity index (χ1) is 7.26. The average molecular weight is 210 g/mol. The molecule has 0 unspecified atom stereocenters. The highest BCUT2D eigenvalue weighted by Gasteiger charge is 2.18. The zero-order valence-corrected chi connectivity index (χ0v) is 10.1. The molecule has 0 bridgehead atoms. The summed E-state index contributed by atoms with van der Waals surface area (Å²) in [4.78, 5) is 6.66. The molecule has 3 nitrogen and oxygen atoms in total. The molecule has 1 fully saturated rings. The van der Waals surface area contributed by atoms with Crippen molar-refractivity contribution in [3.05, 3.63) is 12.2 Å². The molecule has 15 heavy (non-hydrogen) atoms. The molecular formula is C12H22N2O. The van der Waals surface area contributed by atoms with E-state index in [-0.39, 0.29) is 0 Å². The topological polar surface area (TPSA) is 24.8 Å². The Morgan fingerprint density at radius 1 is 1.47 bits per heavy atom. The van der Waals surface area contributed by atoms with E-state index in [0.29, 0.717) is 6.10 Å². The molecule has 0 N–H and O–H groups in total. The van der Waals surface area contributed by atoms with Crippen LogP contribution in [0.2, 0.25) is 0 Å². The van der Waals surface area contributed by atoms with Gasteiger partial charge in [0.05, 0.1) is 0 Å². The second kappa shape index (κ2) is 6.62. The van der Waals surface area contributed by atoms with Gasteiger partial charge < -0.3 is 9.64 Å². The Hall–Kier alpha value is -0.830. The highest BCUT2D eigenvalue weighted by Crippen LogP contribution is 2.12. The second-order valence-electron chi connectivity index (χ2n) is 3.93. The quantitative estimate of drug-likeness (QED) is 0.526. The molecule has 86 valence electrons. The smallest absolute Gasteiger partial charge is 0.208 e. The molecule has 0 aromatic carbocycles. The fraction of sp³-hybridized carbons (Fsp3) is 0.750. The third-order valence-corrected chi connectivity index (χ3v) is 2.58. The SMILES string of the molecule is C/C=C\C(=NCC)OC1CCN(C)CC1. The van der Waals surface area contributed by atoms with Crippen LogP contribution in [0.15, 0.2) is 17.1 Å². The van der Waals surface area contributed by atoms with Crippen molar-refractivity contribution in [2.45, 2.75) is 32.8 Å². The van der Waals surface area contributed by atoms with Crippen molar-refractivity contribution in [2.75, 3.05) is 26.7 Å². The Balaban J connectivity index is 2.41. The van der Waals surface area contributed by atoms with E-state index >= 15 is 0 Å². The van der Waals surface area contributed by atoms with Gasteiger partial charge in [-0.1, -0.05) is 6.08 Å². The van der Waals surface area contributed by atoms with Crippen LogP contribution in [-0.4, -0.2) is 43.6 Å². The van der Waals surface area contributed by atoms with Crippen LogP contribution in [0.5, 0.6) is 0 Å². The van der Waals surface area contributed by atoms with E-state index in [1.54, 1.807) is 0 Å². The minimum atomic E-state index is 0.350. The molecule has 0 saturated carbocycles. The van der Waals surface area contributed by atoms with E-state index in [2.05, 4.69) is 16.9 Å². The summed E-state index contributed by atoms with van der Waals surface area (Å²) in [6.45, 7) is 7.05. The largest absolute Gasteiger partial charge is 0.475 e. The normalized spacial score (nSPS) is 21.1. The number of piperidine rings is 1. The van der Waals surface area contributed by atoms with E-state index in [9.17, 15) is 0 Å².